The second kappa shape index (κ2) is 6.85. The smallest absolute Gasteiger partial charge is 0.417 e. The number of thioether (sulfide) groups is 1. The Labute approximate surface area is 164 Å². The zero-order chi connectivity index (χ0) is 20.1. The summed E-state index contributed by atoms with van der Waals surface area (Å²) in [6.07, 6.45) is -3.79. The van der Waals surface area contributed by atoms with Crippen LogP contribution in [-0.4, -0.2) is 26.4 Å². The number of H-pyrrole nitrogens is 1. The fourth-order valence-electron chi connectivity index (χ4n) is 3.00. The van der Waals surface area contributed by atoms with E-state index in [-0.39, 0.29) is 28.1 Å². The van der Waals surface area contributed by atoms with Crippen molar-refractivity contribution in [2.75, 3.05) is 5.75 Å². The molecule has 3 heterocycles. The van der Waals surface area contributed by atoms with E-state index in [0.29, 0.717) is 11.9 Å². The maximum absolute atomic E-state index is 13.4. The minimum atomic E-state index is -4.74. The average Bonchev–Trinajstić information content (AvgIpc) is 2.82. The molecule has 4 rings (SSSR count). The number of hydrogen-bond donors (Lipinski definition) is 1. The van der Waals surface area contributed by atoms with Crippen LogP contribution in [0, 0.1) is 0 Å². The minimum Gasteiger partial charge on any atom is -0.472 e. The van der Waals surface area contributed by atoms with Crippen LogP contribution in [0.2, 0.25) is 5.02 Å². The van der Waals surface area contributed by atoms with Crippen LogP contribution in [0.15, 0.2) is 44.9 Å². The summed E-state index contributed by atoms with van der Waals surface area (Å²) in [5.74, 6) is 0.525. The summed E-state index contributed by atoms with van der Waals surface area (Å²) in [5, 5.41) is -0.792. The summed E-state index contributed by atoms with van der Waals surface area (Å²) in [6.45, 7) is 0.0182. The van der Waals surface area contributed by atoms with Crippen LogP contribution >= 0.6 is 23.4 Å². The molecule has 0 bridgehead atoms. The molecule has 0 unspecified atom stereocenters. The first-order valence-corrected chi connectivity index (χ1v) is 9.39. The lowest BCUT2D eigenvalue weighted by Crippen LogP contribution is -2.35. The zero-order valence-electron chi connectivity index (χ0n) is 13.9. The van der Waals surface area contributed by atoms with Gasteiger partial charge in [-0.05, 0) is 12.1 Å². The Hall–Kier alpha value is -2.46. The lowest BCUT2D eigenvalue weighted by molar-refractivity contribution is -0.137. The Balaban J connectivity index is 1.90. The Morgan fingerprint density at radius 2 is 2.11 bits per heavy atom. The van der Waals surface area contributed by atoms with Crippen molar-refractivity contribution in [3.05, 3.63) is 61.9 Å². The second-order valence-corrected chi connectivity index (χ2v) is 7.46. The first-order valence-electron chi connectivity index (χ1n) is 8.02. The maximum Gasteiger partial charge on any atom is 0.417 e. The molecular weight excluding hydrogens is 419 g/mol. The van der Waals surface area contributed by atoms with Crippen LogP contribution < -0.4 is 16.0 Å². The lowest BCUT2D eigenvalue weighted by atomic mass is 10.1. The van der Waals surface area contributed by atoms with E-state index in [1.54, 1.807) is 18.2 Å². The molecule has 0 amide bonds. The molecule has 146 valence electrons. The summed E-state index contributed by atoms with van der Waals surface area (Å²) < 4.78 is 47.1. The summed E-state index contributed by atoms with van der Waals surface area (Å²) in [5.41, 5.74) is -2.69. The third-order valence-electron chi connectivity index (χ3n) is 4.21. The van der Waals surface area contributed by atoms with Gasteiger partial charge in [0.15, 0.2) is 0 Å². The molecule has 1 aromatic carbocycles. The number of halogens is 4. The maximum atomic E-state index is 13.4. The lowest BCUT2D eigenvalue weighted by Gasteiger charge is -2.17. The van der Waals surface area contributed by atoms with E-state index in [0.717, 1.165) is 11.8 Å². The topological polar surface area (TPSA) is 77.0 Å². The van der Waals surface area contributed by atoms with Crippen molar-refractivity contribution in [3.63, 3.8) is 0 Å². The minimum absolute atomic E-state index is 0.0182. The Kier molecular flexibility index (Phi) is 4.62. The third kappa shape index (κ3) is 3.26. The predicted molar refractivity (Wildman–Crippen MR) is 98.2 cm³/mol. The fourth-order valence-corrected chi connectivity index (χ4v) is 4.54. The van der Waals surface area contributed by atoms with Crippen molar-refractivity contribution < 1.29 is 17.9 Å². The molecule has 0 aliphatic carbocycles. The molecule has 6 nitrogen and oxygen atoms in total. The number of nitrogens with zero attached hydrogens (tertiary/aromatic N) is 2. The first kappa shape index (κ1) is 18.9. The molecule has 0 saturated carbocycles. The van der Waals surface area contributed by atoms with E-state index in [2.05, 4.69) is 9.97 Å². The SMILES string of the molecule is O=c1[nH]c(=O)n2c3c(c(Cl)c(C(F)(F)F)cc13)SC[C@@H](Oc1ccccn1)C2. The molecule has 3 aromatic rings. The molecule has 0 fully saturated rings. The van der Waals surface area contributed by atoms with Crippen LogP contribution in [0.4, 0.5) is 13.2 Å². The monoisotopic (exact) mass is 429 g/mol. The van der Waals surface area contributed by atoms with Crippen LogP contribution in [0.5, 0.6) is 5.88 Å². The van der Waals surface area contributed by atoms with E-state index in [1.165, 1.54) is 10.8 Å². The van der Waals surface area contributed by atoms with Gasteiger partial charge in [0.05, 0.1) is 32.9 Å². The molecule has 0 spiro atoms. The second-order valence-electron chi connectivity index (χ2n) is 6.05. The number of benzene rings is 1. The van der Waals surface area contributed by atoms with Crippen molar-refractivity contribution in [2.24, 2.45) is 0 Å². The highest BCUT2D eigenvalue weighted by atomic mass is 35.5. The van der Waals surface area contributed by atoms with E-state index in [4.69, 9.17) is 16.3 Å². The molecule has 1 atom stereocenters. The highest BCUT2D eigenvalue weighted by Crippen LogP contribution is 2.44. The van der Waals surface area contributed by atoms with E-state index in [1.807, 2.05) is 0 Å². The number of nitrogens with one attached hydrogen (secondary N) is 1. The summed E-state index contributed by atoms with van der Waals surface area (Å²) in [4.78, 5) is 30.7. The number of aromatic nitrogens is 3. The van der Waals surface area contributed by atoms with E-state index >= 15 is 0 Å². The highest BCUT2D eigenvalue weighted by Gasteiger charge is 2.37. The van der Waals surface area contributed by atoms with Gasteiger partial charge in [-0.3, -0.25) is 14.3 Å². The Morgan fingerprint density at radius 3 is 2.79 bits per heavy atom. The molecule has 28 heavy (non-hydrogen) atoms. The number of hydrogen-bond acceptors (Lipinski definition) is 5. The van der Waals surface area contributed by atoms with Gasteiger partial charge in [-0.2, -0.15) is 13.2 Å². The average molecular weight is 430 g/mol. The molecule has 1 aliphatic rings. The van der Waals surface area contributed by atoms with Gasteiger partial charge in [0, 0.05) is 18.0 Å². The third-order valence-corrected chi connectivity index (χ3v) is 5.93. The zero-order valence-corrected chi connectivity index (χ0v) is 15.5. The summed E-state index contributed by atoms with van der Waals surface area (Å²) in [7, 11) is 0. The van der Waals surface area contributed by atoms with Gasteiger partial charge in [0.2, 0.25) is 5.88 Å². The molecule has 2 aromatic heterocycles. The van der Waals surface area contributed by atoms with Gasteiger partial charge in [-0.15, -0.1) is 11.8 Å². The number of rotatable bonds is 2. The first-order chi connectivity index (χ1) is 13.3. The molecule has 1 aliphatic heterocycles. The van der Waals surface area contributed by atoms with Crippen molar-refractivity contribution in [1.29, 1.82) is 0 Å². The quantitative estimate of drug-likeness (QED) is 0.676. The van der Waals surface area contributed by atoms with Crippen LogP contribution in [0.1, 0.15) is 5.56 Å². The number of ether oxygens (including phenoxy) is 1. The summed E-state index contributed by atoms with van der Waals surface area (Å²) >= 11 is 7.05. The van der Waals surface area contributed by atoms with Crippen molar-refractivity contribution in [3.8, 4) is 5.88 Å². The van der Waals surface area contributed by atoms with Crippen molar-refractivity contribution >= 4 is 34.3 Å². The van der Waals surface area contributed by atoms with Crippen molar-refractivity contribution in [1.82, 2.24) is 14.5 Å². The van der Waals surface area contributed by atoms with Gasteiger partial charge >= 0.3 is 11.9 Å². The van der Waals surface area contributed by atoms with E-state index < -0.39 is 34.1 Å². The highest BCUT2D eigenvalue weighted by molar-refractivity contribution is 7.99. The molecule has 0 saturated heterocycles. The van der Waals surface area contributed by atoms with Gasteiger partial charge in [-0.1, -0.05) is 17.7 Å². The molecule has 1 N–H and O–H groups in total. The molecule has 11 heteroatoms. The van der Waals surface area contributed by atoms with Gasteiger partial charge in [-0.25, -0.2) is 9.78 Å². The number of alkyl halides is 3. The number of pyridine rings is 1. The predicted octanol–water partition coefficient (Wildman–Crippen LogP) is 3.31. The Bertz CT molecular complexity index is 1180. The summed E-state index contributed by atoms with van der Waals surface area (Å²) in [6, 6.07) is 5.73. The van der Waals surface area contributed by atoms with Gasteiger partial charge < -0.3 is 4.74 Å². The Morgan fingerprint density at radius 1 is 1.32 bits per heavy atom. The normalized spacial score (nSPS) is 16.8. The van der Waals surface area contributed by atoms with Crippen LogP contribution in [-0.2, 0) is 12.7 Å². The standard InChI is InChI=1S/C17H11ClF3N3O3S/c18-12-10(17(19,20)21)5-9-13-14(12)28-7-8(27-11-3-1-2-4-22-11)6-24(13)16(26)23-15(9)25/h1-5,8H,6-7H2,(H,23,25,26)/t8-/m0/s1. The van der Waals surface area contributed by atoms with Crippen LogP contribution in [0.3, 0.4) is 0 Å². The van der Waals surface area contributed by atoms with Crippen molar-refractivity contribution in [2.45, 2.75) is 23.7 Å². The fraction of sp³-hybridized carbons (Fsp3) is 0.235. The largest absolute Gasteiger partial charge is 0.472 e. The molecule has 0 radical (unpaired) electrons. The van der Waals surface area contributed by atoms with Gasteiger partial charge in [0.25, 0.3) is 5.56 Å². The van der Waals surface area contributed by atoms with Crippen LogP contribution in [0.25, 0.3) is 10.9 Å². The number of aromatic amines is 1. The van der Waals surface area contributed by atoms with E-state index in [9.17, 15) is 22.8 Å². The molecular formula is C17H11ClF3N3O3S. The van der Waals surface area contributed by atoms with Gasteiger partial charge in [0.1, 0.15) is 6.10 Å².